The smallest absolute Gasteiger partial charge is 0.242 e. The number of nitrogens with one attached hydrogen (secondary N) is 1. The quantitative estimate of drug-likeness (QED) is 0.568. The van der Waals surface area contributed by atoms with Crippen LogP contribution >= 0.6 is 0 Å². The summed E-state index contributed by atoms with van der Waals surface area (Å²) in [6, 6.07) is 3.63. The molecule has 0 aliphatic rings. The van der Waals surface area contributed by atoms with Gasteiger partial charge in [-0.2, -0.15) is 0 Å². The molecule has 0 aliphatic heterocycles. The first kappa shape index (κ1) is 17.9. The van der Waals surface area contributed by atoms with Gasteiger partial charge in [0.05, 0.1) is 5.69 Å². The van der Waals surface area contributed by atoms with Crippen LogP contribution in [0, 0.1) is 13.8 Å². The van der Waals surface area contributed by atoms with Crippen LogP contribution in [0.2, 0.25) is 0 Å². The van der Waals surface area contributed by atoms with Crippen molar-refractivity contribution in [2.24, 2.45) is 0 Å². The van der Waals surface area contributed by atoms with E-state index in [0.717, 1.165) is 31.6 Å². The Morgan fingerprint density at radius 1 is 1.14 bits per heavy atom. The largest absolute Gasteiger partial charge is 0.397 e. The lowest BCUT2D eigenvalue weighted by molar-refractivity contribution is 0.300. The average Bonchev–Trinajstić information content (AvgIpc) is 2.43. The maximum Gasteiger partial charge on any atom is 0.242 e. The van der Waals surface area contributed by atoms with E-state index in [1.165, 1.54) is 0 Å². The van der Waals surface area contributed by atoms with Crippen molar-refractivity contribution in [3.63, 3.8) is 0 Å². The minimum absolute atomic E-state index is 0.213. The molecule has 1 aromatic rings. The number of hydrogen-bond acceptors (Lipinski definition) is 4. The second kappa shape index (κ2) is 7.77. The van der Waals surface area contributed by atoms with Crippen LogP contribution in [0.3, 0.4) is 0 Å². The van der Waals surface area contributed by atoms with E-state index < -0.39 is 10.0 Å². The van der Waals surface area contributed by atoms with Gasteiger partial charge in [-0.25, -0.2) is 13.1 Å². The highest BCUT2D eigenvalue weighted by Gasteiger charge is 2.20. The van der Waals surface area contributed by atoms with Crippen LogP contribution in [0.15, 0.2) is 17.0 Å². The highest BCUT2D eigenvalue weighted by molar-refractivity contribution is 7.89. The topological polar surface area (TPSA) is 75.4 Å². The second-order valence-corrected chi connectivity index (χ2v) is 6.92. The summed E-state index contributed by atoms with van der Waals surface area (Å²) in [6.07, 6.45) is 0.783. The lowest BCUT2D eigenvalue weighted by atomic mass is 10.1. The van der Waals surface area contributed by atoms with E-state index >= 15 is 0 Å². The molecule has 0 atom stereocenters. The Bertz CT molecular complexity index is 567. The number of nitrogens with zero attached hydrogens (tertiary/aromatic N) is 1. The van der Waals surface area contributed by atoms with Crippen molar-refractivity contribution < 1.29 is 8.42 Å². The Morgan fingerprint density at radius 2 is 1.71 bits per heavy atom. The average molecular weight is 313 g/mol. The second-order valence-electron chi connectivity index (χ2n) is 5.22. The third-order valence-corrected chi connectivity index (χ3v) is 5.38. The Labute approximate surface area is 128 Å². The van der Waals surface area contributed by atoms with E-state index in [1.54, 1.807) is 13.0 Å². The van der Waals surface area contributed by atoms with E-state index in [-0.39, 0.29) is 4.90 Å². The predicted molar refractivity (Wildman–Crippen MR) is 87.9 cm³/mol. The van der Waals surface area contributed by atoms with Gasteiger partial charge in [0, 0.05) is 6.54 Å². The van der Waals surface area contributed by atoms with Crippen LogP contribution in [0.25, 0.3) is 0 Å². The summed E-state index contributed by atoms with van der Waals surface area (Å²) in [5, 5.41) is 0. The molecule has 21 heavy (non-hydrogen) atoms. The van der Waals surface area contributed by atoms with Crippen LogP contribution in [0.4, 0.5) is 5.69 Å². The summed E-state index contributed by atoms with van der Waals surface area (Å²) in [7, 11) is -3.55. The summed E-state index contributed by atoms with van der Waals surface area (Å²) < 4.78 is 27.5. The van der Waals surface area contributed by atoms with Crippen LogP contribution in [-0.2, 0) is 10.0 Å². The molecule has 1 aromatic carbocycles. The molecule has 6 heteroatoms. The van der Waals surface area contributed by atoms with E-state index in [4.69, 9.17) is 5.73 Å². The van der Waals surface area contributed by atoms with Gasteiger partial charge in [0.2, 0.25) is 10.0 Å². The molecule has 0 fully saturated rings. The maximum absolute atomic E-state index is 12.4. The first-order chi connectivity index (χ1) is 9.83. The summed E-state index contributed by atoms with van der Waals surface area (Å²) >= 11 is 0. The van der Waals surface area contributed by atoms with Gasteiger partial charge in [-0.3, -0.25) is 0 Å². The molecular weight excluding hydrogens is 286 g/mol. The summed E-state index contributed by atoms with van der Waals surface area (Å²) in [4.78, 5) is 2.48. The molecular formula is C15H27N3O2S. The zero-order valence-corrected chi connectivity index (χ0v) is 14.3. The zero-order valence-electron chi connectivity index (χ0n) is 13.4. The van der Waals surface area contributed by atoms with E-state index in [0.29, 0.717) is 17.8 Å². The minimum Gasteiger partial charge on any atom is -0.397 e. The van der Waals surface area contributed by atoms with Gasteiger partial charge >= 0.3 is 0 Å². The van der Waals surface area contributed by atoms with Crippen LogP contribution in [0.5, 0.6) is 0 Å². The van der Waals surface area contributed by atoms with Crippen LogP contribution in [-0.4, -0.2) is 39.5 Å². The molecule has 0 spiro atoms. The van der Waals surface area contributed by atoms with Gasteiger partial charge in [0.1, 0.15) is 4.90 Å². The van der Waals surface area contributed by atoms with Gasteiger partial charge in [-0.15, -0.1) is 0 Å². The van der Waals surface area contributed by atoms with Crippen LogP contribution < -0.4 is 10.5 Å². The molecule has 0 radical (unpaired) electrons. The number of rotatable bonds is 8. The first-order valence-electron chi connectivity index (χ1n) is 7.41. The minimum atomic E-state index is -3.55. The summed E-state index contributed by atoms with van der Waals surface area (Å²) in [6.45, 7) is 11.0. The number of nitrogens with two attached hydrogens (primary N) is 1. The monoisotopic (exact) mass is 313 g/mol. The molecule has 0 aromatic heterocycles. The van der Waals surface area contributed by atoms with Crippen molar-refractivity contribution in [1.29, 1.82) is 0 Å². The fourth-order valence-corrected chi connectivity index (χ4v) is 3.78. The Kier molecular flexibility index (Phi) is 6.64. The zero-order chi connectivity index (χ0) is 16.0. The van der Waals surface area contributed by atoms with Crippen molar-refractivity contribution in [3.8, 4) is 0 Å². The van der Waals surface area contributed by atoms with Gasteiger partial charge < -0.3 is 10.6 Å². The molecule has 5 nitrogen and oxygen atoms in total. The summed E-state index contributed by atoms with van der Waals surface area (Å²) in [5.41, 5.74) is 7.73. The fourth-order valence-electron chi connectivity index (χ4n) is 2.28. The number of hydrogen-bond donors (Lipinski definition) is 2. The Hall–Kier alpha value is -1.11. The molecule has 0 unspecified atom stereocenters. The van der Waals surface area contributed by atoms with E-state index in [1.807, 2.05) is 13.0 Å². The number of nitrogen functional groups attached to an aromatic ring is 1. The van der Waals surface area contributed by atoms with E-state index in [2.05, 4.69) is 23.5 Å². The van der Waals surface area contributed by atoms with Gasteiger partial charge in [0.25, 0.3) is 0 Å². The van der Waals surface area contributed by atoms with Crippen molar-refractivity contribution in [2.45, 2.75) is 39.0 Å². The Morgan fingerprint density at radius 3 is 2.29 bits per heavy atom. The lowest BCUT2D eigenvalue weighted by Crippen LogP contribution is -2.30. The molecule has 1 rings (SSSR count). The molecule has 0 saturated carbocycles. The highest BCUT2D eigenvalue weighted by Crippen LogP contribution is 2.25. The SMILES string of the molecule is CCN(CC)CCCNS(=O)(=O)c1c(C)ccc(C)c1N. The highest BCUT2D eigenvalue weighted by atomic mass is 32.2. The lowest BCUT2D eigenvalue weighted by Gasteiger charge is -2.18. The Balaban J connectivity index is 2.73. The van der Waals surface area contributed by atoms with Crippen molar-refractivity contribution in [1.82, 2.24) is 9.62 Å². The van der Waals surface area contributed by atoms with E-state index in [9.17, 15) is 8.42 Å². The molecule has 3 N–H and O–H groups in total. The third-order valence-electron chi connectivity index (χ3n) is 3.72. The molecule has 0 aliphatic carbocycles. The predicted octanol–water partition coefficient (Wildman–Crippen LogP) is 1.90. The van der Waals surface area contributed by atoms with Gasteiger partial charge in [0.15, 0.2) is 0 Å². The molecule has 0 heterocycles. The fraction of sp³-hybridized carbons (Fsp3) is 0.600. The normalized spacial score (nSPS) is 12.0. The van der Waals surface area contributed by atoms with Gasteiger partial charge in [-0.05, 0) is 51.0 Å². The number of sulfonamides is 1. The van der Waals surface area contributed by atoms with Crippen LogP contribution in [0.1, 0.15) is 31.4 Å². The molecule has 120 valence electrons. The van der Waals surface area contributed by atoms with Crippen molar-refractivity contribution in [2.75, 3.05) is 31.9 Å². The number of anilines is 1. The standard InChI is InChI=1S/C15H27N3O2S/c1-5-18(6-2)11-7-10-17-21(19,20)15-13(4)9-8-12(3)14(15)16/h8-9,17H,5-7,10-11,16H2,1-4H3. The molecule has 0 saturated heterocycles. The van der Waals surface area contributed by atoms with Crippen molar-refractivity contribution in [3.05, 3.63) is 23.3 Å². The maximum atomic E-state index is 12.4. The first-order valence-corrected chi connectivity index (χ1v) is 8.89. The summed E-state index contributed by atoms with van der Waals surface area (Å²) in [5.74, 6) is 0. The number of aryl methyl sites for hydroxylation is 2. The molecule has 0 bridgehead atoms. The van der Waals surface area contributed by atoms with Crippen molar-refractivity contribution >= 4 is 15.7 Å². The third kappa shape index (κ3) is 4.69. The molecule has 0 amide bonds. The van der Waals surface area contributed by atoms with Gasteiger partial charge in [-0.1, -0.05) is 26.0 Å². The number of benzene rings is 1.